The van der Waals surface area contributed by atoms with E-state index in [1.165, 1.54) is 24.1 Å². The molecule has 2 aliphatic rings. The topological polar surface area (TPSA) is 59.2 Å². The second-order valence-corrected chi connectivity index (χ2v) is 7.71. The summed E-state index contributed by atoms with van der Waals surface area (Å²) in [5.74, 6) is 1.60. The van der Waals surface area contributed by atoms with E-state index in [0.717, 1.165) is 42.9 Å². The Kier molecular flexibility index (Phi) is 4.05. The van der Waals surface area contributed by atoms with Crippen LogP contribution in [0.2, 0.25) is 0 Å². The van der Waals surface area contributed by atoms with Crippen molar-refractivity contribution in [3.8, 4) is 0 Å². The average molecular weight is 361 g/mol. The van der Waals surface area contributed by atoms with Gasteiger partial charge in [-0.15, -0.1) is 0 Å². The molecule has 0 radical (unpaired) electrons. The number of aryl methyl sites for hydroxylation is 1. The molecule has 3 aromatic rings. The molecule has 0 bridgehead atoms. The van der Waals surface area contributed by atoms with E-state index in [9.17, 15) is 4.79 Å². The van der Waals surface area contributed by atoms with E-state index in [1.807, 2.05) is 24.4 Å². The van der Waals surface area contributed by atoms with Gasteiger partial charge in [0.25, 0.3) is 0 Å². The lowest BCUT2D eigenvalue weighted by molar-refractivity contribution is 0.240. The number of benzene rings is 1. The van der Waals surface area contributed by atoms with Crippen LogP contribution in [0, 0.1) is 0 Å². The molecule has 5 heteroatoms. The molecule has 0 atom stereocenters. The molecule has 1 saturated carbocycles. The number of nitrogens with zero attached hydrogens (tertiary/aromatic N) is 3. The van der Waals surface area contributed by atoms with Crippen LogP contribution < -0.4 is 5.43 Å². The van der Waals surface area contributed by atoms with Gasteiger partial charge in [-0.3, -0.25) is 9.69 Å². The molecule has 0 saturated heterocycles. The van der Waals surface area contributed by atoms with Crippen LogP contribution in [-0.2, 0) is 25.9 Å². The van der Waals surface area contributed by atoms with Crippen molar-refractivity contribution in [3.05, 3.63) is 69.1 Å². The molecule has 5 rings (SSSR count). The number of hydrogen-bond acceptors (Lipinski definition) is 5. The maximum absolute atomic E-state index is 12.9. The maximum atomic E-state index is 12.9. The summed E-state index contributed by atoms with van der Waals surface area (Å²) in [5.41, 5.74) is 4.98. The van der Waals surface area contributed by atoms with Crippen molar-refractivity contribution in [2.45, 2.75) is 51.6 Å². The minimum absolute atomic E-state index is 0.0812. The van der Waals surface area contributed by atoms with Crippen LogP contribution in [-0.4, -0.2) is 21.4 Å². The molecule has 0 unspecified atom stereocenters. The molecule has 0 spiro atoms. The summed E-state index contributed by atoms with van der Waals surface area (Å²) in [5, 5.41) is 0.682. The molecule has 5 nitrogen and oxygen atoms in total. The summed E-state index contributed by atoms with van der Waals surface area (Å²) >= 11 is 0. The first kappa shape index (κ1) is 16.6. The first-order valence-corrected chi connectivity index (χ1v) is 9.81. The Morgan fingerprint density at radius 1 is 1.30 bits per heavy atom. The van der Waals surface area contributed by atoms with E-state index in [1.54, 1.807) is 6.26 Å². The van der Waals surface area contributed by atoms with Crippen molar-refractivity contribution in [1.29, 1.82) is 0 Å². The summed E-state index contributed by atoms with van der Waals surface area (Å²) < 4.78 is 5.73. The zero-order valence-electron chi connectivity index (χ0n) is 15.6. The van der Waals surface area contributed by atoms with E-state index in [2.05, 4.69) is 16.8 Å². The Labute approximate surface area is 158 Å². The summed E-state index contributed by atoms with van der Waals surface area (Å²) in [6, 6.07) is 5.87. The number of fused-ring (bicyclic) bond motifs is 2. The fourth-order valence-corrected chi connectivity index (χ4v) is 3.85. The zero-order chi connectivity index (χ0) is 18.4. The van der Waals surface area contributed by atoms with Crippen molar-refractivity contribution < 1.29 is 4.42 Å². The third kappa shape index (κ3) is 3.16. The molecule has 3 heterocycles. The van der Waals surface area contributed by atoms with Gasteiger partial charge in [-0.05, 0) is 37.0 Å². The third-order valence-electron chi connectivity index (χ3n) is 5.68. The lowest BCUT2D eigenvalue weighted by Gasteiger charge is -2.27. The fourth-order valence-electron chi connectivity index (χ4n) is 3.85. The van der Waals surface area contributed by atoms with Crippen LogP contribution in [0.3, 0.4) is 0 Å². The Bertz CT molecular complexity index is 1070. The molecule has 1 fully saturated rings. The second-order valence-electron chi connectivity index (χ2n) is 7.71. The van der Waals surface area contributed by atoms with Crippen molar-refractivity contribution >= 4 is 11.0 Å². The molecular formula is C22H23N3O2. The molecular weight excluding hydrogens is 338 g/mol. The Morgan fingerprint density at radius 2 is 2.19 bits per heavy atom. The van der Waals surface area contributed by atoms with Crippen molar-refractivity contribution in [2.24, 2.45) is 0 Å². The maximum Gasteiger partial charge on any atom is 0.197 e. The monoisotopic (exact) mass is 361 g/mol. The molecule has 1 aromatic carbocycles. The van der Waals surface area contributed by atoms with Crippen molar-refractivity contribution in [2.75, 3.05) is 6.54 Å². The van der Waals surface area contributed by atoms with Crippen LogP contribution in [0.25, 0.3) is 11.0 Å². The predicted molar refractivity (Wildman–Crippen MR) is 104 cm³/mol. The first-order valence-electron chi connectivity index (χ1n) is 9.81. The smallest absolute Gasteiger partial charge is 0.197 e. The molecule has 2 aromatic heterocycles. The van der Waals surface area contributed by atoms with Gasteiger partial charge in [0.05, 0.1) is 11.6 Å². The van der Waals surface area contributed by atoms with Crippen LogP contribution >= 0.6 is 0 Å². The molecule has 138 valence electrons. The minimum atomic E-state index is 0.0812. The van der Waals surface area contributed by atoms with Gasteiger partial charge in [0.1, 0.15) is 11.4 Å². The summed E-state index contributed by atoms with van der Waals surface area (Å²) in [6.07, 6.45) is 7.88. The number of aromatic nitrogens is 2. The van der Waals surface area contributed by atoms with Gasteiger partial charge >= 0.3 is 0 Å². The summed E-state index contributed by atoms with van der Waals surface area (Å²) in [4.78, 5) is 24.5. The minimum Gasteiger partial charge on any atom is -0.464 e. The molecule has 0 amide bonds. The summed E-state index contributed by atoms with van der Waals surface area (Å²) in [6.45, 7) is 4.38. The largest absolute Gasteiger partial charge is 0.464 e. The number of rotatable bonds is 4. The highest BCUT2D eigenvalue weighted by Crippen LogP contribution is 2.38. The molecule has 1 aliphatic carbocycles. The van der Waals surface area contributed by atoms with E-state index in [-0.39, 0.29) is 5.43 Å². The lowest BCUT2D eigenvalue weighted by atomic mass is 10.1. The highest BCUT2D eigenvalue weighted by Gasteiger charge is 2.28. The third-order valence-corrected chi connectivity index (χ3v) is 5.68. The Balaban J connectivity index is 1.39. The number of hydrogen-bond donors (Lipinski definition) is 0. The van der Waals surface area contributed by atoms with Crippen molar-refractivity contribution in [3.63, 3.8) is 0 Å². The average Bonchev–Trinajstić information content (AvgIpc) is 3.55. The van der Waals surface area contributed by atoms with E-state index in [4.69, 9.17) is 9.40 Å². The van der Waals surface area contributed by atoms with Crippen LogP contribution in [0.5, 0.6) is 0 Å². The lowest BCUT2D eigenvalue weighted by Crippen LogP contribution is -2.32. The van der Waals surface area contributed by atoms with Gasteiger partial charge in [-0.1, -0.05) is 13.0 Å². The molecule has 27 heavy (non-hydrogen) atoms. The Morgan fingerprint density at radius 3 is 3.00 bits per heavy atom. The van der Waals surface area contributed by atoms with E-state index >= 15 is 0 Å². The highest BCUT2D eigenvalue weighted by atomic mass is 16.3. The van der Waals surface area contributed by atoms with Crippen LogP contribution in [0.1, 0.15) is 53.9 Å². The predicted octanol–water partition coefficient (Wildman–Crippen LogP) is 3.58. The highest BCUT2D eigenvalue weighted by molar-refractivity contribution is 5.77. The Hall–Kier alpha value is -2.53. The van der Waals surface area contributed by atoms with Gasteiger partial charge < -0.3 is 4.42 Å². The van der Waals surface area contributed by atoms with Gasteiger partial charge in [0.15, 0.2) is 5.43 Å². The fraction of sp³-hybridized carbons (Fsp3) is 0.409. The summed E-state index contributed by atoms with van der Waals surface area (Å²) in [7, 11) is 0. The second kappa shape index (κ2) is 6.57. The van der Waals surface area contributed by atoms with Crippen LogP contribution in [0.4, 0.5) is 0 Å². The molecule has 0 N–H and O–H groups in total. The standard InChI is InChI=1S/C22H23N3O2/c1-2-14-3-6-20-18(9-14)21(26)17(13-27-20)12-25-8-7-19-16(11-25)10-23-22(24-19)15-4-5-15/h3,6,9-10,13,15H,2,4-5,7-8,11-12H2,1H3. The van der Waals surface area contributed by atoms with E-state index < -0.39 is 0 Å². The van der Waals surface area contributed by atoms with Gasteiger partial charge in [-0.25, -0.2) is 9.97 Å². The van der Waals surface area contributed by atoms with Crippen molar-refractivity contribution in [1.82, 2.24) is 14.9 Å². The normalized spacial score (nSPS) is 17.2. The zero-order valence-corrected chi connectivity index (χ0v) is 15.6. The quantitative estimate of drug-likeness (QED) is 0.711. The van der Waals surface area contributed by atoms with Gasteiger partial charge in [0.2, 0.25) is 0 Å². The van der Waals surface area contributed by atoms with E-state index in [0.29, 0.717) is 23.4 Å². The SMILES string of the molecule is CCc1ccc2occ(CN3CCc4nc(C5CC5)ncc4C3)c(=O)c2c1. The van der Waals surface area contributed by atoms with Crippen LogP contribution in [0.15, 0.2) is 39.9 Å². The van der Waals surface area contributed by atoms with Gasteiger partial charge in [-0.2, -0.15) is 0 Å². The first-order chi connectivity index (χ1) is 13.2. The van der Waals surface area contributed by atoms with Gasteiger partial charge in [0, 0.05) is 55.0 Å². The molecule has 1 aliphatic heterocycles.